The zero-order valence-corrected chi connectivity index (χ0v) is 9.30. The summed E-state index contributed by atoms with van der Waals surface area (Å²) in [6, 6.07) is 0. The predicted molar refractivity (Wildman–Crippen MR) is 20.0 cm³/mol. The van der Waals surface area contributed by atoms with Gasteiger partial charge < -0.3 is 17.5 Å². The van der Waals surface area contributed by atoms with Crippen molar-refractivity contribution in [1.29, 1.82) is 0 Å². The van der Waals surface area contributed by atoms with E-state index in [9.17, 15) is 0 Å². The van der Waals surface area contributed by atoms with E-state index in [2.05, 4.69) is 0 Å². The Hall–Kier alpha value is 2.51. The first-order chi connectivity index (χ1) is 2.00. The molecule has 0 aromatic heterocycles. The molecule has 0 aromatic carbocycles. The van der Waals surface area contributed by atoms with Gasteiger partial charge in [0.05, 0.1) is 0 Å². The minimum absolute atomic E-state index is 0. The van der Waals surface area contributed by atoms with Crippen LogP contribution in [0.25, 0.3) is 0 Å². The third kappa shape index (κ3) is 57.2. The Morgan fingerprint density at radius 3 is 1.57 bits per heavy atom. The fourth-order valence-electron chi connectivity index (χ4n) is 0. The summed E-state index contributed by atoms with van der Waals surface area (Å²) in [5.41, 5.74) is 0. The quantitative estimate of drug-likeness (QED) is 0.277. The van der Waals surface area contributed by atoms with Crippen LogP contribution in [0.15, 0.2) is 0 Å². The van der Waals surface area contributed by atoms with E-state index in [0.29, 0.717) is 0 Å². The van der Waals surface area contributed by atoms with Crippen LogP contribution in [0.3, 0.4) is 0 Å². The summed E-state index contributed by atoms with van der Waals surface area (Å²) in [6.45, 7) is 0. The van der Waals surface area contributed by atoms with Gasteiger partial charge in [0.1, 0.15) is 0 Å². The fraction of sp³-hybridized carbons (Fsp3) is 0. The van der Waals surface area contributed by atoms with E-state index in [-0.39, 0.29) is 77.3 Å². The second kappa shape index (κ2) is 6.63. The molecule has 2 N–H and O–H groups in total. The van der Waals surface area contributed by atoms with E-state index in [1.807, 2.05) is 0 Å². The molecule has 0 aliphatic heterocycles. The smallest absolute Gasteiger partial charge is 1.00 e. The molecule has 0 aliphatic carbocycles. The molecular weight excluding hydrogens is 158 g/mol. The molecule has 0 unspecified atom stereocenters. The van der Waals surface area contributed by atoms with E-state index in [4.69, 9.17) is 19.2 Å². The largest absolute Gasteiger partial charge is 2.00 e. The second-order valence-corrected chi connectivity index (χ2v) is 1.47. The van der Waals surface area contributed by atoms with Gasteiger partial charge in [-0.1, -0.05) is 0 Å². The summed E-state index contributed by atoms with van der Waals surface area (Å²) >= 11 is 0. The third-order valence-corrected chi connectivity index (χ3v) is 0. The first-order valence-corrected chi connectivity index (χ1v) is 2.30. The van der Waals surface area contributed by atoms with Crippen molar-refractivity contribution in [3.8, 4) is 0 Å². The average Bonchev–Trinajstić information content (AvgIpc) is 0.722. The van der Waals surface area contributed by atoms with E-state index in [1.165, 1.54) is 0 Å². The second-order valence-electron chi connectivity index (χ2n) is 0.491. The predicted octanol–water partition coefficient (Wildman–Crippen LogP) is -4.71. The SMILES string of the molecule is O=P([O-])(O)O.[H-].[H-].[K+].[Mg+2]. The fourth-order valence-corrected chi connectivity index (χ4v) is 0. The van der Waals surface area contributed by atoms with Crippen LogP contribution in [-0.2, 0) is 4.57 Å². The van der Waals surface area contributed by atoms with Crippen LogP contribution in [0.2, 0.25) is 0 Å². The molecule has 0 saturated carbocycles. The Kier molecular flexibility index (Phi) is 15.4. The molecule has 0 fully saturated rings. The summed E-state index contributed by atoms with van der Waals surface area (Å²) in [5.74, 6) is 0. The summed E-state index contributed by atoms with van der Waals surface area (Å²) < 4.78 is 8.77. The van der Waals surface area contributed by atoms with Gasteiger partial charge in [0.15, 0.2) is 0 Å². The van der Waals surface area contributed by atoms with Gasteiger partial charge in [-0.25, -0.2) is 0 Å². The minimum Gasteiger partial charge on any atom is -1.00 e. The average molecular weight is 162 g/mol. The molecular formula is H4KMgO4P. The van der Waals surface area contributed by atoms with Crippen LogP contribution in [-0.4, -0.2) is 32.8 Å². The Morgan fingerprint density at radius 1 is 1.57 bits per heavy atom. The molecule has 7 heavy (non-hydrogen) atoms. The summed E-state index contributed by atoms with van der Waals surface area (Å²) in [7, 11) is -4.89. The van der Waals surface area contributed by atoms with Gasteiger partial charge in [-0.05, 0) is 0 Å². The van der Waals surface area contributed by atoms with Gasteiger partial charge in [-0.2, -0.15) is 0 Å². The van der Waals surface area contributed by atoms with Crippen LogP contribution in [0.5, 0.6) is 0 Å². The van der Waals surface area contributed by atoms with Gasteiger partial charge >= 0.3 is 74.4 Å². The molecule has 0 radical (unpaired) electrons. The van der Waals surface area contributed by atoms with Gasteiger partial charge in [-0.3, -0.25) is 4.57 Å². The first-order valence-electron chi connectivity index (χ1n) is 0.765. The minimum atomic E-state index is -4.89. The third-order valence-electron chi connectivity index (χ3n) is 0. The molecule has 0 rings (SSSR count). The van der Waals surface area contributed by atoms with Crippen LogP contribution in [0.4, 0.5) is 0 Å². The molecule has 0 aliphatic rings. The van der Waals surface area contributed by atoms with E-state index in [0.717, 1.165) is 0 Å². The van der Waals surface area contributed by atoms with Crippen molar-refractivity contribution in [3.63, 3.8) is 0 Å². The number of rotatable bonds is 0. The monoisotopic (exact) mass is 162 g/mol. The van der Waals surface area contributed by atoms with Crippen molar-refractivity contribution < 1.29 is 73.5 Å². The number of phosphoric acid groups is 1. The molecule has 0 heterocycles. The summed E-state index contributed by atoms with van der Waals surface area (Å²) in [5, 5.41) is 0. The maximum absolute atomic E-state index is 8.77. The van der Waals surface area contributed by atoms with Crippen LogP contribution in [0.1, 0.15) is 2.85 Å². The zero-order chi connectivity index (χ0) is 4.50. The Balaban J connectivity index is -0.0000000133. The molecule has 0 aromatic rings. The molecule has 7 heteroatoms. The maximum Gasteiger partial charge on any atom is 2.00 e. The standard InChI is InChI=1S/K.Mg.H3O4P.2H/c;;1-5(2,3)4;;/h;;(H3,1,2,3,4);;/q+1;+2;;2*-1/p-1. The molecule has 4 nitrogen and oxygen atoms in total. The van der Waals surface area contributed by atoms with E-state index >= 15 is 0 Å². The molecule has 0 atom stereocenters. The maximum atomic E-state index is 8.77. The van der Waals surface area contributed by atoms with Crippen molar-refractivity contribution in [2.45, 2.75) is 0 Å². The van der Waals surface area contributed by atoms with E-state index < -0.39 is 7.82 Å². The van der Waals surface area contributed by atoms with E-state index in [1.54, 1.807) is 0 Å². The zero-order valence-electron chi connectivity index (χ0n) is 5.87. The van der Waals surface area contributed by atoms with Crippen LogP contribution in [0, 0.1) is 0 Å². The van der Waals surface area contributed by atoms with Crippen LogP contribution >= 0.6 is 7.82 Å². The Bertz CT molecular complexity index is 64.7. The number of hydrogen-bond acceptors (Lipinski definition) is 2. The van der Waals surface area contributed by atoms with Gasteiger partial charge in [0.2, 0.25) is 0 Å². The normalized spacial score (nSPS) is 8.43. The van der Waals surface area contributed by atoms with Gasteiger partial charge in [0.25, 0.3) is 7.82 Å². The summed E-state index contributed by atoms with van der Waals surface area (Å²) in [4.78, 5) is 22.9. The molecule has 0 amide bonds. The van der Waals surface area contributed by atoms with Crippen molar-refractivity contribution in [3.05, 3.63) is 0 Å². The van der Waals surface area contributed by atoms with Crippen molar-refractivity contribution in [1.82, 2.24) is 0 Å². The van der Waals surface area contributed by atoms with Gasteiger partial charge in [-0.15, -0.1) is 0 Å². The van der Waals surface area contributed by atoms with Gasteiger partial charge in [0, 0.05) is 0 Å². The molecule has 36 valence electrons. The first kappa shape index (κ1) is 16.3. The Labute approximate surface area is 102 Å². The van der Waals surface area contributed by atoms with Crippen molar-refractivity contribution in [2.24, 2.45) is 0 Å². The van der Waals surface area contributed by atoms with Crippen LogP contribution < -0.4 is 56.3 Å². The van der Waals surface area contributed by atoms with Crippen molar-refractivity contribution >= 4 is 30.9 Å². The van der Waals surface area contributed by atoms with Crippen molar-refractivity contribution in [2.75, 3.05) is 0 Å². The summed E-state index contributed by atoms with van der Waals surface area (Å²) in [6.07, 6.45) is 0. The molecule has 0 bridgehead atoms. The topological polar surface area (TPSA) is 80.6 Å². The molecule has 0 spiro atoms. The molecule has 0 saturated heterocycles. The number of hydrogen-bond donors (Lipinski definition) is 2. The Morgan fingerprint density at radius 2 is 1.57 bits per heavy atom.